The van der Waals surface area contributed by atoms with Crippen LogP contribution in [0, 0.1) is 3.57 Å². The van der Waals surface area contributed by atoms with E-state index in [-0.39, 0.29) is 6.61 Å². The van der Waals surface area contributed by atoms with Crippen LogP contribution in [0.2, 0.25) is 0 Å². The van der Waals surface area contributed by atoms with Crippen molar-refractivity contribution in [2.24, 2.45) is 0 Å². The van der Waals surface area contributed by atoms with E-state index in [1.54, 1.807) is 6.20 Å². The lowest BCUT2D eigenvalue weighted by molar-refractivity contribution is 0.0243. The molecule has 0 bridgehead atoms. The zero-order valence-corrected chi connectivity index (χ0v) is 11.6. The lowest BCUT2D eigenvalue weighted by atomic mass is 10.5. The van der Waals surface area contributed by atoms with E-state index in [0.717, 1.165) is 3.57 Å². The summed E-state index contributed by atoms with van der Waals surface area (Å²) in [6.07, 6.45) is 1.75. The van der Waals surface area contributed by atoms with E-state index < -0.39 is 0 Å². The predicted octanol–water partition coefficient (Wildman–Crippen LogP) is 1.09. The van der Waals surface area contributed by atoms with Gasteiger partial charge in [-0.2, -0.15) is 0 Å². The molecular formula is C11H16INO4. The van der Waals surface area contributed by atoms with Crippen LogP contribution in [0.25, 0.3) is 0 Å². The Morgan fingerprint density at radius 1 is 1.06 bits per heavy atom. The molecule has 0 aliphatic heterocycles. The van der Waals surface area contributed by atoms with Gasteiger partial charge in [-0.15, -0.1) is 0 Å². The summed E-state index contributed by atoms with van der Waals surface area (Å²) in [6, 6.07) is 3.76. The molecule has 1 aromatic heterocycles. The summed E-state index contributed by atoms with van der Waals surface area (Å²) in [5.41, 5.74) is 0. The molecule has 1 heterocycles. The van der Waals surface area contributed by atoms with Gasteiger partial charge in [0.2, 0.25) is 5.88 Å². The monoisotopic (exact) mass is 353 g/mol. The Balaban J connectivity index is 1.95. The third kappa shape index (κ3) is 7.48. The van der Waals surface area contributed by atoms with Gasteiger partial charge in [-0.25, -0.2) is 4.98 Å². The fourth-order valence-electron chi connectivity index (χ4n) is 1.04. The molecule has 5 nitrogen and oxygen atoms in total. The highest BCUT2D eigenvalue weighted by molar-refractivity contribution is 14.1. The average Bonchev–Trinajstić information content (AvgIpc) is 2.35. The predicted molar refractivity (Wildman–Crippen MR) is 71.2 cm³/mol. The van der Waals surface area contributed by atoms with E-state index >= 15 is 0 Å². The Morgan fingerprint density at radius 3 is 2.41 bits per heavy atom. The molecule has 0 aliphatic rings. The minimum atomic E-state index is 0.0432. The molecule has 0 aromatic carbocycles. The summed E-state index contributed by atoms with van der Waals surface area (Å²) in [4.78, 5) is 4.10. The van der Waals surface area contributed by atoms with Crippen molar-refractivity contribution < 1.29 is 19.3 Å². The van der Waals surface area contributed by atoms with Crippen molar-refractivity contribution in [2.75, 3.05) is 39.6 Å². The molecule has 96 valence electrons. The lowest BCUT2D eigenvalue weighted by Crippen LogP contribution is -2.12. The number of nitrogens with zero attached hydrogens (tertiary/aromatic N) is 1. The maximum Gasteiger partial charge on any atom is 0.213 e. The number of rotatable bonds is 9. The molecule has 0 saturated carbocycles. The van der Waals surface area contributed by atoms with Crippen LogP contribution in [0.3, 0.4) is 0 Å². The molecule has 0 unspecified atom stereocenters. The highest BCUT2D eigenvalue weighted by atomic mass is 127. The first-order valence-electron chi connectivity index (χ1n) is 5.33. The second kappa shape index (κ2) is 9.58. The fraction of sp³-hybridized carbons (Fsp3) is 0.545. The number of ether oxygens (including phenoxy) is 3. The van der Waals surface area contributed by atoms with Crippen molar-refractivity contribution >= 4 is 22.6 Å². The van der Waals surface area contributed by atoms with Crippen LogP contribution in [-0.2, 0) is 9.47 Å². The lowest BCUT2D eigenvalue weighted by Gasteiger charge is -2.06. The summed E-state index contributed by atoms with van der Waals surface area (Å²) in [6.45, 7) is 2.35. The third-order valence-corrected chi connectivity index (χ3v) is 2.42. The number of aromatic nitrogens is 1. The average molecular weight is 353 g/mol. The molecule has 0 saturated heterocycles. The number of hydrogen-bond acceptors (Lipinski definition) is 5. The highest BCUT2D eigenvalue weighted by Crippen LogP contribution is 2.08. The first kappa shape index (κ1) is 14.6. The molecule has 0 amide bonds. The van der Waals surface area contributed by atoms with E-state index in [1.165, 1.54) is 0 Å². The molecule has 1 aromatic rings. The van der Waals surface area contributed by atoms with Crippen molar-refractivity contribution in [1.82, 2.24) is 4.98 Å². The molecule has 0 atom stereocenters. The topological polar surface area (TPSA) is 60.8 Å². The second-order valence-corrected chi connectivity index (χ2v) is 4.36. The van der Waals surface area contributed by atoms with Crippen molar-refractivity contribution in [3.05, 3.63) is 21.9 Å². The van der Waals surface area contributed by atoms with Crippen LogP contribution in [0.15, 0.2) is 18.3 Å². The Kier molecular flexibility index (Phi) is 8.24. The minimum Gasteiger partial charge on any atom is -0.475 e. The maximum atomic E-state index is 8.46. The molecule has 0 radical (unpaired) electrons. The third-order valence-electron chi connectivity index (χ3n) is 1.79. The normalized spacial score (nSPS) is 10.5. The van der Waals surface area contributed by atoms with Crippen molar-refractivity contribution in [3.63, 3.8) is 0 Å². The molecule has 1 rings (SSSR count). The van der Waals surface area contributed by atoms with Crippen molar-refractivity contribution in [3.8, 4) is 5.88 Å². The Morgan fingerprint density at radius 2 is 1.76 bits per heavy atom. The van der Waals surface area contributed by atoms with Crippen LogP contribution < -0.4 is 4.74 Å². The van der Waals surface area contributed by atoms with Crippen LogP contribution in [0.1, 0.15) is 0 Å². The number of aliphatic hydroxyl groups is 1. The van der Waals surface area contributed by atoms with E-state index in [9.17, 15) is 0 Å². The van der Waals surface area contributed by atoms with Crippen LogP contribution in [0.5, 0.6) is 5.88 Å². The molecule has 1 N–H and O–H groups in total. The Hall–Kier alpha value is -0.440. The van der Waals surface area contributed by atoms with Gasteiger partial charge in [0.25, 0.3) is 0 Å². The molecule has 6 heteroatoms. The van der Waals surface area contributed by atoms with Gasteiger partial charge in [0.05, 0.1) is 33.0 Å². The summed E-state index contributed by atoms with van der Waals surface area (Å²) >= 11 is 2.19. The van der Waals surface area contributed by atoms with Gasteiger partial charge in [0, 0.05) is 15.8 Å². The van der Waals surface area contributed by atoms with Gasteiger partial charge >= 0.3 is 0 Å². The first-order chi connectivity index (χ1) is 8.33. The van der Waals surface area contributed by atoms with E-state index in [0.29, 0.717) is 38.9 Å². The molecule has 17 heavy (non-hydrogen) atoms. The zero-order valence-electron chi connectivity index (χ0n) is 9.47. The van der Waals surface area contributed by atoms with Crippen molar-refractivity contribution in [1.29, 1.82) is 0 Å². The number of halogens is 1. The van der Waals surface area contributed by atoms with Gasteiger partial charge < -0.3 is 19.3 Å². The zero-order chi connectivity index (χ0) is 12.3. The van der Waals surface area contributed by atoms with Gasteiger partial charge in [0.15, 0.2) is 0 Å². The summed E-state index contributed by atoms with van der Waals surface area (Å²) in [5.74, 6) is 0.602. The quantitative estimate of drug-likeness (QED) is 0.532. The highest BCUT2D eigenvalue weighted by Gasteiger charge is 1.95. The summed E-state index contributed by atoms with van der Waals surface area (Å²) in [7, 11) is 0. The standard InChI is InChI=1S/C11H16INO4/c12-10-1-2-11(13-9-10)17-8-7-16-6-5-15-4-3-14/h1-2,9,14H,3-8H2. The number of hydrogen-bond donors (Lipinski definition) is 1. The van der Waals surface area contributed by atoms with Crippen molar-refractivity contribution in [2.45, 2.75) is 0 Å². The second-order valence-electron chi connectivity index (χ2n) is 3.11. The molecule has 0 aliphatic carbocycles. The minimum absolute atomic E-state index is 0.0432. The molecule has 0 spiro atoms. The maximum absolute atomic E-state index is 8.46. The smallest absolute Gasteiger partial charge is 0.213 e. The van der Waals surface area contributed by atoms with Gasteiger partial charge in [-0.3, -0.25) is 0 Å². The van der Waals surface area contributed by atoms with Gasteiger partial charge in [0.1, 0.15) is 6.61 Å². The Labute approximate surface area is 114 Å². The van der Waals surface area contributed by atoms with E-state index in [4.69, 9.17) is 19.3 Å². The number of pyridine rings is 1. The van der Waals surface area contributed by atoms with E-state index in [2.05, 4.69) is 27.6 Å². The van der Waals surface area contributed by atoms with Gasteiger partial charge in [-0.1, -0.05) is 0 Å². The molecule has 0 fully saturated rings. The van der Waals surface area contributed by atoms with Crippen LogP contribution >= 0.6 is 22.6 Å². The first-order valence-corrected chi connectivity index (χ1v) is 6.41. The van der Waals surface area contributed by atoms with Crippen LogP contribution in [0.4, 0.5) is 0 Å². The fourth-order valence-corrected chi connectivity index (χ4v) is 1.36. The van der Waals surface area contributed by atoms with E-state index in [1.807, 2.05) is 12.1 Å². The Bertz CT molecular complexity index is 294. The van der Waals surface area contributed by atoms with Gasteiger partial charge in [-0.05, 0) is 28.7 Å². The largest absolute Gasteiger partial charge is 0.475 e. The summed E-state index contributed by atoms with van der Waals surface area (Å²) in [5, 5.41) is 8.46. The summed E-state index contributed by atoms with van der Waals surface area (Å²) < 4.78 is 16.7. The molecular weight excluding hydrogens is 337 g/mol. The SMILES string of the molecule is OCCOCCOCCOc1ccc(I)cn1. The van der Waals surface area contributed by atoms with Crippen LogP contribution in [-0.4, -0.2) is 49.7 Å². The number of aliphatic hydroxyl groups excluding tert-OH is 1.